The lowest BCUT2D eigenvalue weighted by Gasteiger charge is -2.09. The van der Waals surface area contributed by atoms with Crippen molar-refractivity contribution in [3.05, 3.63) is 45.4 Å². The summed E-state index contributed by atoms with van der Waals surface area (Å²) in [5.41, 5.74) is 1.16. The Morgan fingerprint density at radius 3 is 2.61 bits per heavy atom. The summed E-state index contributed by atoms with van der Waals surface area (Å²) in [6.45, 7) is 3.50. The molecule has 1 N–H and O–H groups in total. The van der Waals surface area contributed by atoms with Gasteiger partial charge in [-0.15, -0.1) is 0 Å². The molecule has 0 spiro atoms. The molecule has 1 heterocycles. The average Bonchev–Trinajstić information content (AvgIpc) is 2.56. The fourth-order valence-electron chi connectivity index (χ4n) is 1.74. The lowest BCUT2D eigenvalue weighted by Crippen LogP contribution is -2.10. The van der Waals surface area contributed by atoms with Gasteiger partial charge in [0.25, 0.3) is 0 Å². The Hall–Kier alpha value is -1.69. The van der Waals surface area contributed by atoms with Crippen LogP contribution in [0, 0.1) is 19.7 Å². The molecule has 1 aromatic heterocycles. The molecule has 2 rings (SSSR count). The second-order valence-corrected chi connectivity index (χ2v) is 4.63. The number of carboxylic acid groups (broad SMARTS) is 1. The van der Waals surface area contributed by atoms with E-state index >= 15 is 0 Å². The van der Waals surface area contributed by atoms with E-state index in [4.69, 9.17) is 5.11 Å². The third-order valence-electron chi connectivity index (χ3n) is 2.63. The molecule has 0 fully saturated rings. The number of carbonyl (C=O) groups is 1. The third-order valence-corrected chi connectivity index (χ3v) is 3.78. The molecule has 94 valence electrons. The summed E-state index contributed by atoms with van der Waals surface area (Å²) in [4.78, 5) is 11.1. The highest BCUT2D eigenvalue weighted by Gasteiger charge is 2.20. The molecule has 0 saturated carbocycles. The summed E-state index contributed by atoms with van der Waals surface area (Å²) in [5, 5.41) is 13.2. The van der Waals surface area contributed by atoms with Crippen LogP contribution in [-0.2, 0) is 0 Å². The first-order valence-electron chi connectivity index (χ1n) is 5.17. The van der Waals surface area contributed by atoms with E-state index in [0.717, 1.165) is 4.47 Å². The van der Waals surface area contributed by atoms with Crippen LogP contribution in [0.2, 0.25) is 0 Å². The summed E-state index contributed by atoms with van der Waals surface area (Å²) in [6, 6.07) is 3.93. The summed E-state index contributed by atoms with van der Waals surface area (Å²) < 4.78 is 15.9. The number of para-hydroxylation sites is 1. The summed E-state index contributed by atoms with van der Waals surface area (Å²) in [7, 11) is 0. The Labute approximate surface area is 111 Å². The van der Waals surface area contributed by atoms with Crippen LogP contribution in [0.5, 0.6) is 0 Å². The smallest absolute Gasteiger partial charge is 0.338 e. The van der Waals surface area contributed by atoms with Gasteiger partial charge in [0.05, 0.1) is 21.4 Å². The van der Waals surface area contributed by atoms with Crippen molar-refractivity contribution in [1.82, 2.24) is 9.78 Å². The zero-order valence-corrected chi connectivity index (χ0v) is 11.3. The van der Waals surface area contributed by atoms with Gasteiger partial charge in [-0.05, 0) is 41.9 Å². The van der Waals surface area contributed by atoms with E-state index in [1.54, 1.807) is 13.8 Å². The Morgan fingerprint density at radius 1 is 1.44 bits per heavy atom. The lowest BCUT2D eigenvalue weighted by molar-refractivity contribution is 0.0696. The Bertz CT molecular complexity index is 637. The topological polar surface area (TPSA) is 55.1 Å². The summed E-state index contributed by atoms with van der Waals surface area (Å²) in [6.07, 6.45) is 0. The maximum atomic E-state index is 13.9. The molecule has 2 aromatic rings. The molecule has 0 aliphatic rings. The van der Waals surface area contributed by atoms with Crippen LogP contribution in [0.1, 0.15) is 21.7 Å². The predicted octanol–water partition coefficient (Wildman–Crippen LogP) is 3.09. The Morgan fingerprint density at radius 2 is 2.11 bits per heavy atom. The molecule has 0 aliphatic heterocycles. The number of rotatable bonds is 2. The summed E-state index contributed by atoms with van der Waals surface area (Å²) >= 11 is 3.33. The molecule has 0 atom stereocenters. The Kier molecular flexibility index (Phi) is 3.21. The fraction of sp³-hybridized carbons (Fsp3) is 0.167. The van der Waals surface area contributed by atoms with E-state index in [9.17, 15) is 9.18 Å². The van der Waals surface area contributed by atoms with Gasteiger partial charge in [-0.2, -0.15) is 5.10 Å². The molecule has 4 nitrogen and oxygen atoms in total. The molecule has 0 unspecified atom stereocenters. The van der Waals surface area contributed by atoms with Gasteiger partial charge in [0, 0.05) is 0 Å². The molecule has 6 heteroatoms. The molecule has 0 saturated heterocycles. The van der Waals surface area contributed by atoms with Gasteiger partial charge in [-0.3, -0.25) is 0 Å². The van der Waals surface area contributed by atoms with Gasteiger partial charge in [0.2, 0.25) is 0 Å². The normalized spacial score (nSPS) is 10.7. The lowest BCUT2D eigenvalue weighted by atomic mass is 10.1. The number of hydrogen-bond donors (Lipinski definition) is 1. The van der Waals surface area contributed by atoms with Crippen LogP contribution in [0.3, 0.4) is 0 Å². The number of benzene rings is 1. The molecule has 1 aromatic carbocycles. The van der Waals surface area contributed by atoms with Crippen molar-refractivity contribution in [3.63, 3.8) is 0 Å². The van der Waals surface area contributed by atoms with Gasteiger partial charge < -0.3 is 5.11 Å². The van der Waals surface area contributed by atoms with Crippen molar-refractivity contribution in [2.24, 2.45) is 0 Å². The van der Waals surface area contributed by atoms with Crippen LogP contribution < -0.4 is 0 Å². The quantitative estimate of drug-likeness (QED) is 0.927. The monoisotopic (exact) mass is 312 g/mol. The van der Waals surface area contributed by atoms with Crippen LogP contribution in [0.25, 0.3) is 5.69 Å². The first-order valence-corrected chi connectivity index (χ1v) is 5.96. The fourth-order valence-corrected chi connectivity index (χ4v) is 1.99. The van der Waals surface area contributed by atoms with Gasteiger partial charge >= 0.3 is 5.97 Å². The van der Waals surface area contributed by atoms with Crippen molar-refractivity contribution >= 4 is 21.9 Å². The van der Waals surface area contributed by atoms with E-state index in [-0.39, 0.29) is 11.3 Å². The van der Waals surface area contributed by atoms with Gasteiger partial charge in [0.1, 0.15) is 11.5 Å². The molecular formula is C12H10BrFN2O2. The first-order chi connectivity index (χ1) is 8.43. The van der Waals surface area contributed by atoms with Crippen LogP contribution in [0.4, 0.5) is 4.39 Å². The van der Waals surface area contributed by atoms with E-state index in [1.165, 1.54) is 22.9 Å². The molecule has 0 bridgehead atoms. The molecule has 18 heavy (non-hydrogen) atoms. The highest BCUT2D eigenvalue weighted by molar-refractivity contribution is 9.10. The average molecular weight is 313 g/mol. The molecular weight excluding hydrogens is 303 g/mol. The minimum Gasteiger partial charge on any atom is -0.478 e. The van der Waals surface area contributed by atoms with Crippen LogP contribution in [-0.4, -0.2) is 20.9 Å². The summed E-state index contributed by atoms with van der Waals surface area (Å²) in [5.74, 6) is -1.80. The number of halogens is 2. The zero-order chi connectivity index (χ0) is 13.4. The highest BCUT2D eigenvalue weighted by atomic mass is 79.9. The van der Waals surface area contributed by atoms with E-state index in [0.29, 0.717) is 11.4 Å². The van der Waals surface area contributed by atoms with E-state index < -0.39 is 11.8 Å². The standard InChI is InChI=1S/C12H10BrFN2O2/c1-6-10(13)7(2)16(15-6)11-8(12(17)18)4-3-5-9(11)14/h3-5H,1-2H3,(H,17,18). The van der Waals surface area contributed by atoms with Crippen molar-refractivity contribution in [3.8, 4) is 5.69 Å². The molecule has 0 radical (unpaired) electrons. The SMILES string of the molecule is Cc1nn(-c2c(F)cccc2C(=O)O)c(C)c1Br. The largest absolute Gasteiger partial charge is 0.478 e. The molecule has 0 aliphatic carbocycles. The first kappa shape index (κ1) is 12.8. The second kappa shape index (κ2) is 4.53. The number of carboxylic acids is 1. The third kappa shape index (κ3) is 1.92. The van der Waals surface area contributed by atoms with Crippen LogP contribution in [0.15, 0.2) is 22.7 Å². The van der Waals surface area contributed by atoms with Gasteiger partial charge in [0.15, 0.2) is 0 Å². The Balaban J connectivity index is 2.78. The van der Waals surface area contributed by atoms with Gasteiger partial charge in [-0.1, -0.05) is 6.07 Å². The van der Waals surface area contributed by atoms with Crippen molar-refractivity contribution in [2.45, 2.75) is 13.8 Å². The number of nitrogens with zero attached hydrogens (tertiary/aromatic N) is 2. The minimum absolute atomic E-state index is 0.0451. The minimum atomic E-state index is -1.19. The van der Waals surface area contributed by atoms with Gasteiger partial charge in [-0.25, -0.2) is 13.9 Å². The molecule has 0 amide bonds. The zero-order valence-electron chi connectivity index (χ0n) is 9.74. The van der Waals surface area contributed by atoms with E-state index in [1.807, 2.05) is 0 Å². The number of hydrogen-bond acceptors (Lipinski definition) is 2. The van der Waals surface area contributed by atoms with Crippen LogP contribution >= 0.6 is 15.9 Å². The highest BCUT2D eigenvalue weighted by Crippen LogP contribution is 2.26. The van der Waals surface area contributed by atoms with Crippen molar-refractivity contribution in [1.29, 1.82) is 0 Å². The van der Waals surface area contributed by atoms with Crippen molar-refractivity contribution < 1.29 is 14.3 Å². The van der Waals surface area contributed by atoms with Crippen molar-refractivity contribution in [2.75, 3.05) is 0 Å². The maximum absolute atomic E-state index is 13.9. The van der Waals surface area contributed by atoms with E-state index in [2.05, 4.69) is 21.0 Å². The predicted molar refractivity (Wildman–Crippen MR) is 67.7 cm³/mol. The number of aromatic nitrogens is 2. The number of aromatic carboxylic acids is 1. The maximum Gasteiger partial charge on any atom is 0.338 e. The second-order valence-electron chi connectivity index (χ2n) is 3.84. The number of aryl methyl sites for hydroxylation is 1.